The summed E-state index contributed by atoms with van der Waals surface area (Å²) >= 11 is 0. The molecule has 0 aliphatic carbocycles. The Hall–Kier alpha value is -4.05. The first-order valence-corrected chi connectivity index (χ1v) is 10.7. The summed E-state index contributed by atoms with van der Waals surface area (Å²) in [5.74, 6) is 2.00. The van der Waals surface area contributed by atoms with Crippen molar-refractivity contribution in [2.75, 3.05) is 0 Å². The van der Waals surface area contributed by atoms with Crippen molar-refractivity contribution >= 4 is 12.7 Å². The third-order valence-corrected chi connectivity index (χ3v) is 5.37. The second-order valence-electron chi connectivity index (χ2n) is 7.53. The Labute approximate surface area is 189 Å². The van der Waals surface area contributed by atoms with Crippen molar-refractivity contribution in [3.8, 4) is 45.3 Å². The Bertz CT molecular complexity index is 1290. The van der Waals surface area contributed by atoms with Crippen molar-refractivity contribution in [2.45, 2.75) is 6.82 Å². The molecule has 0 atom stereocenters. The van der Waals surface area contributed by atoms with E-state index >= 15 is 0 Å². The molecule has 1 heterocycles. The van der Waals surface area contributed by atoms with E-state index in [1.54, 1.807) is 0 Å². The minimum Gasteiger partial charge on any atom is -0.208 e. The van der Waals surface area contributed by atoms with Gasteiger partial charge in [-0.3, -0.25) is 0 Å². The van der Waals surface area contributed by atoms with Crippen molar-refractivity contribution in [1.29, 1.82) is 0 Å². The van der Waals surface area contributed by atoms with Crippen LogP contribution >= 0.6 is 0 Å². The molecule has 32 heavy (non-hydrogen) atoms. The molecule has 1 aromatic heterocycles. The smallest absolute Gasteiger partial charge is 0.164 e. The highest BCUT2D eigenvalue weighted by Gasteiger charge is 2.12. The lowest BCUT2D eigenvalue weighted by Crippen LogP contribution is -2.09. The fourth-order valence-electron chi connectivity index (χ4n) is 3.67. The van der Waals surface area contributed by atoms with Gasteiger partial charge in [0.05, 0.1) is 0 Å². The molecule has 0 spiro atoms. The molecular weight excluding hydrogens is 389 g/mol. The molecular formula is C28H21BN3. The first-order valence-electron chi connectivity index (χ1n) is 10.7. The topological polar surface area (TPSA) is 38.7 Å². The van der Waals surface area contributed by atoms with Crippen molar-refractivity contribution in [2.24, 2.45) is 0 Å². The quantitative estimate of drug-likeness (QED) is 0.338. The molecule has 0 unspecified atom stereocenters. The average Bonchev–Trinajstić information content (AvgIpc) is 2.89. The SMILES string of the molecule is C[B]c1cccc(-c2cccc(-c3nc(-c4ccccc4)nc(-c4ccccc4)n3)c2)c1. The zero-order valence-electron chi connectivity index (χ0n) is 17.8. The van der Waals surface area contributed by atoms with E-state index < -0.39 is 0 Å². The molecule has 0 fully saturated rings. The van der Waals surface area contributed by atoms with Crippen LogP contribution in [-0.4, -0.2) is 22.2 Å². The average molecular weight is 410 g/mol. The molecule has 5 rings (SSSR count). The van der Waals surface area contributed by atoms with Gasteiger partial charge in [-0.05, 0) is 17.2 Å². The minimum atomic E-state index is 0.665. The van der Waals surface area contributed by atoms with Crippen LogP contribution in [0.5, 0.6) is 0 Å². The van der Waals surface area contributed by atoms with Gasteiger partial charge in [0.15, 0.2) is 17.5 Å². The molecule has 0 bridgehead atoms. The van der Waals surface area contributed by atoms with Gasteiger partial charge >= 0.3 is 0 Å². The zero-order chi connectivity index (χ0) is 21.8. The van der Waals surface area contributed by atoms with Crippen LogP contribution in [0.2, 0.25) is 6.82 Å². The predicted octanol–water partition coefficient (Wildman–Crippen LogP) is 5.92. The largest absolute Gasteiger partial charge is 0.208 e. The summed E-state index contributed by atoms with van der Waals surface area (Å²) in [6.07, 6.45) is 0. The standard InChI is InChI=1S/C28H21BN3/c1-29-25-17-9-15-23(19-25)22-14-8-16-24(18-22)28-31-26(20-10-4-2-5-11-20)30-27(32-28)21-12-6-3-7-13-21/h2-19H,1H3. The van der Waals surface area contributed by atoms with Crippen molar-refractivity contribution < 1.29 is 0 Å². The number of hydrogen-bond acceptors (Lipinski definition) is 3. The summed E-state index contributed by atoms with van der Waals surface area (Å²) in [4.78, 5) is 14.5. The highest BCUT2D eigenvalue weighted by Crippen LogP contribution is 2.27. The van der Waals surface area contributed by atoms with Crippen LogP contribution in [0.1, 0.15) is 0 Å². The molecule has 0 saturated heterocycles. The van der Waals surface area contributed by atoms with Crippen LogP contribution in [0, 0.1) is 0 Å². The van der Waals surface area contributed by atoms with Gasteiger partial charge in [-0.15, -0.1) is 0 Å². The maximum Gasteiger partial charge on any atom is 0.164 e. The van der Waals surface area contributed by atoms with E-state index in [4.69, 9.17) is 15.0 Å². The van der Waals surface area contributed by atoms with E-state index in [-0.39, 0.29) is 0 Å². The summed E-state index contributed by atoms with van der Waals surface area (Å²) in [6.45, 7) is 2.05. The van der Waals surface area contributed by atoms with Gasteiger partial charge in [0.2, 0.25) is 0 Å². The lowest BCUT2D eigenvalue weighted by Gasteiger charge is -2.10. The molecule has 0 saturated carbocycles. The first kappa shape index (κ1) is 19.9. The summed E-state index contributed by atoms with van der Waals surface area (Å²) in [7, 11) is 2.11. The van der Waals surface area contributed by atoms with Crippen LogP contribution in [0.25, 0.3) is 45.3 Å². The summed E-state index contributed by atoms with van der Waals surface area (Å²) in [5.41, 5.74) is 6.40. The molecule has 0 aliphatic heterocycles. The molecule has 4 heteroatoms. The fourth-order valence-corrected chi connectivity index (χ4v) is 3.67. The van der Waals surface area contributed by atoms with Gasteiger partial charge in [0.25, 0.3) is 0 Å². The molecule has 4 aromatic carbocycles. The van der Waals surface area contributed by atoms with Crippen LogP contribution in [0.4, 0.5) is 0 Å². The number of nitrogens with zero attached hydrogens (tertiary/aromatic N) is 3. The van der Waals surface area contributed by atoms with E-state index in [1.165, 1.54) is 11.0 Å². The Kier molecular flexibility index (Phi) is 5.59. The highest BCUT2D eigenvalue weighted by atomic mass is 15.0. The molecule has 1 radical (unpaired) electrons. The van der Waals surface area contributed by atoms with E-state index in [2.05, 4.69) is 62.6 Å². The van der Waals surface area contributed by atoms with Gasteiger partial charge in [0, 0.05) is 16.7 Å². The van der Waals surface area contributed by atoms with Gasteiger partial charge in [-0.1, -0.05) is 115 Å². The Morgan fingerprint density at radius 3 is 1.44 bits per heavy atom. The maximum absolute atomic E-state index is 4.84. The Morgan fingerprint density at radius 2 is 0.875 bits per heavy atom. The van der Waals surface area contributed by atoms with Gasteiger partial charge in [0.1, 0.15) is 7.28 Å². The van der Waals surface area contributed by atoms with E-state index in [0.717, 1.165) is 22.3 Å². The summed E-state index contributed by atoms with van der Waals surface area (Å²) in [5, 5.41) is 0. The fraction of sp³-hybridized carbons (Fsp3) is 0.0357. The first-order chi connectivity index (χ1) is 15.8. The molecule has 0 aliphatic rings. The van der Waals surface area contributed by atoms with Crippen molar-refractivity contribution in [1.82, 2.24) is 15.0 Å². The maximum atomic E-state index is 4.84. The lowest BCUT2D eigenvalue weighted by atomic mass is 9.73. The molecule has 5 aromatic rings. The predicted molar refractivity (Wildman–Crippen MR) is 133 cm³/mol. The van der Waals surface area contributed by atoms with E-state index in [0.29, 0.717) is 17.5 Å². The normalized spacial score (nSPS) is 10.7. The van der Waals surface area contributed by atoms with Crippen molar-refractivity contribution in [3.05, 3.63) is 109 Å². The monoisotopic (exact) mass is 410 g/mol. The summed E-state index contributed by atoms with van der Waals surface area (Å²) in [6, 6.07) is 37.0. The third-order valence-electron chi connectivity index (χ3n) is 5.37. The van der Waals surface area contributed by atoms with E-state index in [9.17, 15) is 0 Å². The third kappa shape index (κ3) is 4.21. The van der Waals surface area contributed by atoms with Crippen LogP contribution < -0.4 is 5.46 Å². The number of benzene rings is 4. The van der Waals surface area contributed by atoms with Crippen LogP contribution in [0.3, 0.4) is 0 Å². The van der Waals surface area contributed by atoms with Gasteiger partial charge < -0.3 is 0 Å². The minimum absolute atomic E-state index is 0.665. The second-order valence-corrected chi connectivity index (χ2v) is 7.53. The van der Waals surface area contributed by atoms with Crippen molar-refractivity contribution in [3.63, 3.8) is 0 Å². The van der Waals surface area contributed by atoms with Crippen LogP contribution in [0.15, 0.2) is 109 Å². The molecule has 3 nitrogen and oxygen atoms in total. The molecule has 151 valence electrons. The van der Waals surface area contributed by atoms with Gasteiger partial charge in [-0.25, -0.2) is 15.0 Å². The second kappa shape index (κ2) is 8.99. The summed E-state index contributed by atoms with van der Waals surface area (Å²) < 4.78 is 0. The molecule has 0 amide bonds. The van der Waals surface area contributed by atoms with Crippen LogP contribution in [-0.2, 0) is 0 Å². The zero-order valence-corrected chi connectivity index (χ0v) is 17.8. The highest BCUT2D eigenvalue weighted by molar-refractivity contribution is 6.52. The lowest BCUT2D eigenvalue weighted by molar-refractivity contribution is 1.07. The number of aromatic nitrogens is 3. The van der Waals surface area contributed by atoms with E-state index in [1.807, 2.05) is 60.7 Å². The Morgan fingerprint density at radius 1 is 0.438 bits per heavy atom. The molecule has 0 N–H and O–H groups in total. The number of rotatable bonds is 5. The van der Waals surface area contributed by atoms with Gasteiger partial charge in [-0.2, -0.15) is 0 Å². The number of hydrogen-bond donors (Lipinski definition) is 0. The Balaban J connectivity index is 1.64.